The lowest BCUT2D eigenvalue weighted by molar-refractivity contribution is 0.355. The average molecular weight is 508 g/mol. The first-order chi connectivity index (χ1) is 13.5. The molecule has 0 saturated carbocycles. The van der Waals surface area contributed by atoms with E-state index in [0.717, 1.165) is 0 Å². The van der Waals surface area contributed by atoms with Gasteiger partial charge in [-0.3, -0.25) is 0 Å². The van der Waals surface area contributed by atoms with Crippen LogP contribution in [-0.2, 0) is 10.0 Å². The summed E-state index contributed by atoms with van der Waals surface area (Å²) in [6.45, 7) is 5.75. The second-order valence-electron chi connectivity index (χ2n) is 7.19. The topological polar surface area (TPSA) is 107 Å². The lowest BCUT2D eigenvalue weighted by Crippen LogP contribution is -2.29. The van der Waals surface area contributed by atoms with E-state index in [-0.39, 0.29) is 28.9 Å². The predicted octanol–water partition coefficient (Wildman–Crippen LogP) is 4.41. The van der Waals surface area contributed by atoms with Crippen LogP contribution < -0.4 is 18.6 Å². The molecule has 0 bridgehead atoms. The summed E-state index contributed by atoms with van der Waals surface area (Å²) in [6.07, 6.45) is 0.425. The molecular weight excluding hydrogens is 482 g/mol. The zero-order chi connectivity index (χ0) is 21.8. The van der Waals surface area contributed by atoms with Gasteiger partial charge in [0, 0.05) is 10.9 Å². The van der Waals surface area contributed by atoms with Gasteiger partial charge in [-0.2, -0.15) is 0 Å². The zero-order valence-electron chi connectivity index (χ0n) is 17.0. The van der Waals surface area contributed by atoms with Gasteiger partial charge >= 0.3 is 0 Å². The highest BCUT2D eigenvalue weighted by atomic mass is 79.9. The fourth-order valence-corrected chi connectivity index (χ4v) is 4.98. The molecule has 0 saturated heterocycles. The van der Waals surface area contributed by atoms with Crippen LogP contribution in [0.15, 0.2) is 22.6 Å². The van der Waals surface area contributed by atoms with Gasteiger partial charge in [-0.05, 0) is 44.3 Å². The number of rotatable bonds is 10. The van der Waals surface area contributed by atoms with Crippen molar-refractivity contribution in [1.29, 1.82) is 0 Å². The van der Waals surface area contributed by atoms with Crippen molar-refractivity contribution in [3.05, 3.63) is 18.2 Å². The van der Waals surface area contributed by atoms with Gasteiger partial charge in [0.1, 0.15) is 0 Å². The maximum Gasteiger partial charge on any atom is 0.252 e. The Morgan fingerprint density at radius 2 is 1.83 bits per heavy atom. The van der Waals surface area contributed by atoms with E-state index in [9.17, 15) is 13.5 Å². The van der Waals surface area contributed by atoms with Crippen LogP contribution in [0.3, 0.4) is 0 Å². The molecule has 0 amide bonds. The van der Waals surface area contributed by atoms with Crippen LogP contribution in [0, 0.1) is 0 Å². The highest BCUT2D eigenvalue weighted by Crippen LogP contribution is 2.48. The van der Waals surface area contributed by atoms with Gasteiger partial charge in [-0.15, -0.1) is 0 Å². The lowest BCUT2D eigenvalue weighted by atomic mass is 10.1. The highest BCUT2D eigenvalue weighted by Gasteiger charge is 2.30. The van der Waals surface area contributed by atoms with Gasteiger partial charge in [0.2, 0.25) is 29.8 Å². The second kappa shape index (κ2) is 9.31. The molecule has 1 aromatic heterocycles. The quantitative estimate of drug-likeness (QED) is 0.362. The van der Waals surface area contributed by atoms with E-state index < -0.39 is 18.3 Å². The number of hydrogen-bond acceptors (Lipinski definition) is 7. The van der Waals surface area contributed by atoms with Crippen LogP contribution in [0.25, 0.3) is 11.3 Å². The Labute approximate surface area is 180 Å². The van der Waals surface area contributed by atoms with Gasteiger partial charge in [0.05, 0.1) is 20.0 Å². The lowest BCUT2D eigenvalue weighted by Gasteiger charge is -2.19. The van der Waals surface area contributed by atoms with Crippen LogP contribution in [0.1, 0.15) is 6.42 Å². The molecule has 8 nitrogen and oxygen atoms in total. The fraction of sp³-hybridized carbons (Fsp3) is 0.444. The molecule has 0 spiro atoms. The van der Waals surface area contributed by atoms with Crippen molar-refractivity contribution in [3.8, 4) is 34.3 Å². The van der Waals surface area contributed by atoms with Crippen LogP contribution in [0.5, 0.6) is 23.0 Å². The second-order valence-corrected chi connectivity index (χ2v) is 14.2. The summed E-state index contributed by atoms with van der Waals surface area (Å²) in [7, 11) is -2.86. The van der Waals surface area contributed by atoms with Crippen LogP contribution in [0.4, 0.5) is 5.88 Å². The third-order valence-corrected chi connectivity index (χ3v) is 6.39. The summed E-state index contributed by atoms with van der Waals surface area (Å²) in [5.74, 6) is 0.470. The summed E-state index contributed by atoms with van der Waals surface area (Å²) < 4.78 is 49.3. The Balaban J connectivity index is 2.55. The highest BCUT2D eigenvalue weighted by molar-refractivity contribution is 9.09. The standard InChI is InChI=1S/C18H26BrNO7SSi/c1-24-13-8-7-12(11-14(13)25-2)16-15(21)17(27-29(3,4)5)18(26-16)20-28(22,23)10-6-9-19/h7-8,11,20-21H,6,9-10H2,1-5H3. The molecule has 0 aliphatic rings. The summed E-state index contributed by atoms with van der Waals surface area (Å²) in [6, 6.07) is 4.95. The number of furan rings is 1. The number of hydrogen-bond donors (Lipinski definition) is 2. The molecule has 162 valence electrons. The van der Waals surface area contributed by atoms with Crippen molar-refractivity contribution >= 4 is 40.2 Å². The van der Waals surface area contributed by atoms with E-state index in [1.165, 1.54) is 14.2 Å². The molecule has 2 rings (SSSR count). The maximum absolute atomic E-state index is 12.4. The van der Waals surface area contributed by atoms with Crippen molar-refractivity contribution in [2.24, 2.45) is 0 Å². The third kappa shape index (κ3) is 6.06. The van der Waals surface area contributed by atoms with E-state index >= 15 is 0 Å². The minimum Gasteiger partial charge on any atom is -0.538 e. The average Bonchev–Trinajstić information content (AvgIpc) is 2.93. The number of halogens is 1. The number of aromatic hydroxyl groups is 1. The van der Waals surface area contributed by atoms with E-state index in [0.29, 0.717) is 28.8 Å². The van der Waals surface area contributed by atoms with Gasteiger partial charge in [-0.1, -0.05) is 15.9 Å². The first kappa shape index (κ1) is 23.4. The molecule has 1 aromatic carbocycles. The van der Waals surface area contributed by atoms with Crippen molar-refractivity contribution in [1.82, 2.24) is 0 Å². The molecule has 0 radical (unpaired) electrons. The van der Waals surface area contributed by atoms with Crippen molar-refractivity contribution in [2.45, 2.75) is 26.1 Å². The molecule has 11 heteroatoms. The summed E-state index contributed by atoms with van der Waals surface area (Å²) in [5.41, 5.74) is 0.478. The Bertz CT molecular complexity index is 954. The third-order valence-electron chi connectivity index (χ3n) is 3.69. The SMILES string of the molecule is COc1ccc(-c2oc(NS(=O)(=O)CCCBr)c(O[Si](C)(C)C)c2O)cc1OC. The van der Waals surface area contributed by atoms with Gasteiger partial charge in [0.25, 0.3) is 5.88 Å². The van der Waals surface area contributed by atoms with Gasteiger partial charge in [-0.25, -0.2) is 13.1 Å². The Morgan fingerprint density at radius 3 is 2.38 bits per heavy atom. The zero-order valence-corrected chi connectivity index (χ0v) is 20.4. The molecule has 0 atom stereocenters. The number of nitrogens with one attached hydrogen (secondary N) is 1. The molecule has 0 unspecified atom stereocenters. The van der Waals surface area contributed by atoms with Crippen LogP contribution in [0.2, 0.25) is 19.6 Å². The largest absolute Gasteiger partial charge is 0.538 e. The Kier molecular flexibility index (Phi) is 7.52. The van der Waals surface area contributed by atoms with Crippen LogP contribution >= 0.6 is 15.9 Å². The first-order valence-corrected chi connectivity index (χ1v) is 15.0. The van der Waals surface area contributed by atoms with Crippen LogP contribution in [-0.4, -0.2) is 47.1 Å². The predicted molar refractivity (Wildman–Crippen MR) is 119 cm³/mol. The van der Waals surface area contributed by atoms with Crippen molar-refractivity contribution in [2.75, 3.05) is 30.0 Å². The van der Waals surface area contributed by atoms with Gasteiger partial charge in [0.15, 0.2) is 17.3 Å². The van der Waals surface area contributed by atoms with Crippen molar-refractivity contribution in [3.63, 3.8) is 0 Å². The summed E-state index contributed by atoms with van der Waals surface area (Å²) >= 11 is 3.22. The molecule has 0 aliphatic heterocycles. The molecule has 0 fully saturated rings. The molecule has 2 aromatic rings. The Hall–Kier alpha value is -1.85. The number of sulfonamides is 1. The maximum atomic E-state index is 12.4. The molecular formula is C18H26BrNO7SSi. The van der Waals surface area contributed by atoms with Gasteiger partial charge < -0.3 is 23.4 Å². The smallest absolute Gasteiger partial charge is 0.252 e. The van der Waals surface area contributed by atoms with E-state index in [1.54, 1.807) is 18.2 Å². The minimum absolute atomic E-state index is 0.0173. The van der Waals surface area contributed by atoms with E-state index in [1.807, 2.05) is 19.6 Å². The summed E-state index contributed by atoms with van der Waals surface area (Å²) in [4.78, 5) is 0. The van der Waals surface area contributed by atoms with E-state index in [2.05, 4.69) is 20.7 Å². The fourth-order valence-electron chi connectivity index (χ4n) is 2.49. The normalized spacial score (nSPS) is 11.9. The van der Waals surface area contributed by atoms with E-state index in [4.69, 9.17) is 18.3 Å². The van der Waals surface area contributed by atoms with Crippen molar-refractivity contribution < 1.29 is 31.8 Å². The number of anilines is 1. The molecule has 0 aliphatic carbocycles. The number of ether oxygens (including phenoxy) is 2. The number of benzene rings is 1. The number of alkyl halides is 1. The monoisotopic (exact) mass is 507 g/mol. The molecule has 1 heterocycles. The molecule has 29 heavy (non-hydrogen) atoms. The first-order valence-electron chi connectivity index (χ1n) is 8.85. The minimum atomic E-state index is -3.68. The summed E-state index contributed by atoms with van der Waals surface area (Å²) in [5, 5.41) is 11.3. The number of methoxy groups -OCH3 is 2. The molecule has 2 N–H and O–H groups in total. The Morgan fingerprint density at radius 1 is 1.17 bits per heavy atom.